The summed E-state index contributed by atoms with van der Waals surface area (Å²) in [5.41, 5.74) is 2.09. The molecule has 3 heterocycles. The first-order valence-corrected chi connectivity index (χ1v) is 11.5. The third-order valence-electron chi connectivity index (χ3n) is 6.71. The molecular weight excluding hydrogens is 410 g/mol. The van der Waals surface area contributed by atoms with Crippen molar-refractivity contribution in [2.24, 2.45) is 0 Å². The first-order valence-electron chi connectivity index (χ1n) is 11.5. The number of aromatic nitrogens is 3. The minimum atomic E-state index is 0.00606. The Labute approximate surface area is 188 Å². The van der Waals surface area contributed by atoms with Crippen molar-refractivity contribution in [3.05, 3.63) is 30.1 Å². The predicted octanol–water partition coefficient (Wildman–Crippen LogP) is 3.29. The number of aromatic amines is 1. The molecule has 1 saturated carbocycles. The van der Waals surface area contributed by atoms with E-state index in [4.69, 9.17) is 14.2 Å². The third-order valence-corrected chi connectivity index (χ3v) is 6.71. The number of anilines is 2. The highest BCUT2D eigenvalue weighted by molar-refractivity contribution is 5.57. The minimum Gasteiger partial charge on any atom is -0.478 e. The molecule has 4 rings (SSSR count). The van der Waals surface area contributed by atoms with Gasteiger partial charge in [-0.25, -0.2) is 4.98 Å². The van der Waals surface area contributed by atoms with Crippen LogP contribution in [0.2, 0.25) is 0 Å². The van der Waals surface area contributed by atoms with Crippen molar-refractivity contribution in [1.29, 1.82) is 0 Å². The number of nitrogens with one attached hydrogen (secondary N) is 3. The average Bonchev–Trinajstić information content (AvgIpc) is 3.48. The van der Waals surface area contributed by atoms with Gasteiger partial charge in [0.05, 0.1) is 6.61 Å². The Morgan fingerprint density at radius 2 is 2.19 bits per heavy atom. The summed E-state index contributed by atoms with van der Waals surface area (Å²) in [5, 5.41) is 14.3. The minimum absolute atomic E-state index is 0.00606. The molecule has 2 aromatic rings. The molecule has 2 fully saturated rings. The normalized spacial score (nSPS) is 22.4. The number of hydrogen-bond acceptors (Lipinski definition) is 8. The van der Waals surface area contributed by atoms with E-state index in [1.165, 1.54) is 0 Å². The molecule has 174 valence electrons. The van der Waals surface area contributed by atoms with Crippen LogP contribution in [0.3, 0.4) is 0 Å². The number of carbonyl (C=O) groups excluding carboxylic acids is 1. The Morgan fingerprint density at radius 1 is 1.31 bits per heavy atom. The lowest BCUT2D eigenvalue weighted by Gasteiger charge is -2.37. The Balaban J connectivity index is 1.25. The zero-order valence-corrected chi connectivity index (χ0v) is 18.6. The molecule has 0 aromatic carbocycles. The molecule has 1 aliphatic carbocycles. The fourth-order valence-electron chi connectivity index (χ4n) is 4.72. The molecule has 1 saturated heterocycles. The maximum absolute atomic E-state index is 10.5. The van der Waals surface area contributed by atoms with Gasteiger partial charge in [0.2, 0.25) is 5.88 Å². The Morgan fingerprint density at radius 3 is 3.00 bits per heavy atom. The number of nitrogens with zero attached hydrogens (tertiary/aromatic N) is 2. The molecular formula is C23H33N5O4. The Kier molecular flexibility index (Phi) is 7.59. The summed E-state index contributed by atoms with van der Waals surface area (Å²) in [5.74, 6) is 1.67. The Bertz CT molecular complexity index is 868. The van der Waals surface area contributed by atoms with Gasteiger partial charge in [0.25, 0.3) is 6.47 Å². The van der Waals surface area contributed by atoms with Gasteiger partial charge in [-0.3, -0.25) is 9.89 Å². The number of carbonyl (C=O) groups is 1. The molecule has 0 radical (unpaired) electrons. The second kappa shape index (κ2) is 10.8. The molecule has 2 aliphatic rings. The maximum atomic E-state index is 10.5. The molecule has 32 heavy (non-hydrogen) atoms. The zero-order chi connectivity index (χ0) is 22.2. The van der Waals surface area contributed by atoms with Gasteiger partial charge < -0.3 is 24.8 Å². The van der Waals surface area contributed by atoms with Gasteiger partial charge in [-0.15, -0.1) is 0 Å². The summed E-state index contributed by atoms with van der Waals surface area (Å²) >= 11 is 0. The van der Waals surface area contributed by atoms with Crippen molar-refractivity contribution in [3.63, 3.8) is 0 Å². The van der Waals surface area contributed by atoms with Crippen LogP contribution in [0.1, 0.15) is 56.6 Å². The van der Waals surface area contributed by atoms with E-state index < -0.39 is 0 Å². The number of hydrogen-bond donors (Lipinski definition) is 3. The maximum Gasteiger partial charge on any atom is 0.293 e. The highest BCUT2D eigenvalue weighted by Crippen LogP contribution is 2.35. The van der Waals surface area contributed by atoms with Crippen molar-refractivity contribution in [1.82, 2.24) is 20.5 Å². The average molecular weight is 444 g/mol. The predicted molar refractivity (Wildman–Crippen MR) is 120 cm³/mol. The van der Waals surface area contributed by atoms with E-state index in [1.54, 1.807) is 6.20 Å². The number of rotatable bonds is 11. The van der Waals surface area contributed by atoms with Crippen LogP contribution in [0.4, 0.5) is 11.5 Å². The molecule has 0 amide bonds. The van der Waals surface area contributed by atoms with Crippen LogP contribution < -0.4 is 15.4 Å². The van der Waals surface area contributed by atoms with E-state index >= 15 is 0 Å². The summed E-state index contributed by atoms with van der Waals surface area (Å²) in [6, 6.07) is 5.79. The molecule has 2 aromatic heterocycles. The highest BCUT2D eigenvalue weighted by Gasteiger charge is 2.30. The third kappa shape index (κ3) is 5.77. The van der Waals surface area contributed by atoms with Gasteiger partial charge >= 0.3 is 0 Å². The molecule has 9 heteroatoms. The van der Waals surface area contributed by atoms with E-state index in [1.807, 2.05) is 25.2 Å². The summed E-state index contributed by atoms with van der Waals surface area (Å²) in [4.78, 5) is 14.9. The molecule has 0 bridgehead atoms. The Hall–Kier alpha value is -2.65. The van der Waals surface area contributed by atoms with Crippen LogP contribution >= 0.6 is 0 Å². The number of H-pyrrole nitrogens is 1. The van der Waals surface area contributed by atoms with Gasteiger partial charge in [0, 0.05) is 54.4 Å². The van der Waals surface area contributed by atoms with E-state index in [-0.39, 0.29) is 11.6 Å². The van der Waals surface area contributed by atoms with Crippen LogP contribution in [0, 0.1) is 0 Å². The van der Waals surface area contributed by atoms with Gasteiger partial charge in [-0.2, -0.15) is 5.10 Å². The van der Waals surface area contributed by atoms with Crippen molar-refractivity contribution in [2.45, 2.75) is 62.5 Å². The second-order valence-corrected chi connectivity index (χ2v) is 8.68. The number of ether oxygens (including phenoxy) is 3. The SMILES string of the molecule is CNC1(CCCOc2cc(Nc3cc(C4CCC(OC=O)C4)[nH]n3)ccn2)CCOCC1. The highest BCUT2D eigenvalue weighted by atomic mass is 16.5. The van der Waals surface area contributed by atoms with Crippen LogP contribution in [-0.2, 0) is 14.3 Å². The van der Waals surface area contributed by atoms with Gasteiger partial charge in [-0.1, -0.05) is 0 Å². The molecule has 1 aliphatic heterocycles. The second-order valence-electron chi connectivity index (χ2n) is 8.68. The first kappa shape index (κ1) is 22.5. The van der Waals surface area contributed by atoms with Crippen molar-refractivity contribution in [2.75, 3.05) is 32.2 Å². The smallest absolute Gasteiger partial charge is 0.293 e. The first-order chi connectivity index (χ1) is 15.7. The van der Waals surface area contributed by atoms with Crippen LogP contribution in [0.25, 0.3) is 0 Å². The fourth-order valence-corrected chi connectivity index (χ4v) is 4.72. The quantitative estimate of drug-likeness (QED) is 0.358. The van der Waals surface area contributed by atoms with Crippen molar-refractivity contribution >= 4 is 18.0 Å². The topological polar surface area (TPSA) is 110 Å². The molecule has 2 unspecified atom stereocenters. The largest absolute Gasteiger partial charge is 0.478 e. The molecule has 0 spiro atoms. The molecule has 3 N–H and O–H groups in total. The summed E-state index contributed by atoms with van der Waals surface area (Å²) in [6.07, 6.45) is 8.53. The van der Waals surface area contributed by atoms with Gasteiger partial charge in [-0.05, 0) is 58.1 Å². The van der Waals surface area contributed by atoms with Crippen molar-refractivity contribution < 1.29 is 19.0 Å². The van der Waals surface area contributed by atoms with E-state index in [0.717, 1.165) is 75.4 Å². The van der Waals surface area contributed by atoms with Gasteiger partial charge in [0.15, 0.2) is 5.82 Å². The summed E-state index contributed by atoms with van der Waals surface area (Å²) < 4.78 is 16.5. The summed E-state index contributed by atoms with van der Waals surface area (Å²) in [7, 11) is 2.04. The van der Waals surface area contributed by atoms with E-state index in [9.17, 15) is 4.79 Å². The lowest BCUT2D eigenvalue weighted by Crippen LogP contribution is -2.47. The van der Waals surface area contributed by atoms with Crippen LogP contribution in [0.5, 0.6) is 5.88 Å². The van der Waals surface area contributed by atoms with Crippen LogP contribution in [-0.4, -0.2) is 60.2 Å². The van der Waals surface area contributed by atoms with E-state index in [0.29, 0.717) is 24.9 Å². The number of pyridine rings is 1. The fraction of sp³-hybridized carbons (Fsp3) is 0.609. The van der Waals surface area contributed by atoms with Crippen molar-refractivity contribution in [3.8, 4) is 5.88 Å². The lowest BCUT2D eigenvalue weighted by molar-refractivity contribution is -0.133. The monoisotopic (exact) mass is 443 g/mol. The van der Waals surface area contributed by atoms with E-state index in [2.05, 4.69) is 25.8 Å². The molecule has 2 atom stereocenters. The van der Waals surface area contributed by atoms with Gasteiger partial charge in [0.1, 0.15) is 6.10 Å². The summed E-state index contributed by atoms with van der Waals surface area (Å²) in [6.45, 7) is 2.80. The zero-order valence-electron chi connectivity index (χ0n) is 18.6. The van der Waals surface area contributed by atoms with Crippen LogP contribution in [0.15, 0.2) is 24.4 Å². The standard InChI is InChI=1S/C23H33N5O4/c1-24-23(7-11-30-12-8-23)6-2-10-31-22-14-18(5-9-25-22)26-21-15-20(27-28-21)17-3-4-19(13-17)32-16-29/h5,9,14-17,19,24H,2-4,6-8,10-13H2,1H3,(H2,25,26,27,28). The lowest BCUT2D eigenvalue weighted by atomic mass is 9.86. The molecule has 9 nitrogen and oxygen atoms in total.